The average Bonchev–Trinajstić information content (AvgIpc) is 2.92. The minimum absolute atomic E-state index is 0.105. The third-order valence-electron chi connectivity index (χ3n) is 4.13. The molecule has 27 heavy (non-hydrogen) atoms. The smallest absolute Gasteiger partial charge is 0.280 e. The van der Waals surface area contributed by atoms with E-state index in [9.17, 15) is 14.9 Å². The molecule has 1 aromatic heterocycles. The number of hydrogen-bond acceptors (Lipinski definition) is 3. The number of hydrazine groups is 1. The van der Waals surface area contributed by atoms with Gasteiger partial charge in [-0.15, -0.1) is 0 Å². The van der Waals surface area contributed by atoms with E-state index in [1.165, 1.54) is 12.1 Å². The molecule has 2 amide bonds. The van der Waals surface area contributed by atoms with Gasteiger partial charge in [0.05, 0.1) is 10.6 Å². The van der Waals surface area contributed by atoms with Gasteiger partial charge in [0, 0.05) is 17.9 Å². The lowest BCUT2D eigenvalue weighted by Gasteiger charge is -2.08. The van der Waals surface area contributed by atoms with Crippen LogP contribution in [0.15, 0.2) is 35.9 Å². The first-order chi connectivity index (χ1) is 12.9. The standard InChI is InChI=1S/C20H21ClN4O2/c1-4-9-25-13(2)10-15(14(25)3)11-16(12-22)19(26)23-24-20(27)17-7-5-6-8-18(17)21/h5-8,10-11H,4,9H2,1-3H3,(H,23,26)(H,24,27). The zero-order valence-corrected chi connectivity index (χ0v) is 16.2. The number of halogens is 1. The number of nitrogens with zero attached hydrogens (tertiary/aromatic N) is 2. The van der Waals surface area contributed by atoms with Gasteiger partial charge in [0.2, 0.25) is 0 Å². The van der Waals surface area contributed by atoms with Gasteiger partial charge in [0.1, 0.15) is 11.6 Å². The van der Waals surface area contributed by atoms with Gasteiger partial charge in [0.15, 0.2) is 0 Å². The molecule has 0 saturated heterocycles. The summed E-state index contributed by atoms with van der Waals surface area (Å²) in [5.41, 5.74) is 7.48. The number of rotatable bonds is 5. The van der Waals surface area contributed by atoms with Crippen molar-refractivity contribution in [2.24, 2.45) is 0 Å². The van der Waals surface area contributed by atoms with Crippen molar-refractivity contribution < 1.29 is 9.59 Å². The molecule has 0 spiro atoms. The first-order valence-corrected chi connectivity index (χ1v) is 8.90. The highest BCUT2D eigenvalue weighted by Crippen LogP contribution is 2.19. The van der Waals surface area contributed by atoms with Crippen LogP contribution >= 0.6 is 11.6 Å². The van der Waals surface area contributed by atoms with Gasteiger partial charge in [-0.25, -0.2) is 0 Å². The topological polar surface area (TPSA) is 86.9 Å². The molecule has 0 saturated carbocycles. The maximum atomic E-state index is 12.3. The molecule has 0 bridgehead atoms. The minimum Gasteiger partial charge on any atom is -0.349 e. The third kappa shape index (κ3) is 4.78. The Morgan fingerprint density at radius 3 is 2.59 bits per heavy atom. The number of hydrogen-bond donors (Lipinski definition) is 2. The van der Waals surface area contributed by atoms with E-state index in [0.29, 0.717) is 0 Å². The Bertz CT molecular complexity index is 938. The van der Waals surface area contributed by atoms with Crippen molar-refractivity contribution >= 4 is 29.5 Å². The van der Waals surface area contributed by atoms with E-state index in [1.807, 2.05) is 26.0 Å². The van der Waals surface area contributed by atoms with Gasteiger partial charge < -0.3 is 4.57 Å². The molecule has 0 fully saturated rings. The van der Waals surface area contributed by atoms with E-state index < -0.39 is 11.8 Å². The van der Waals surface area contributed by atoms with E-state index in [4.69, 9.17) is 11.6 Å². The largest absolute Gasteiger partial charge is 0.349 e. The maximum Gasteiger partial charge on any atom is 0.280 e. The fourth-order valence-corrected chi connectivity index (χ4v) is 2.96. The normalized spacial score (nSPS) is 11.0. The number of amides is 2. The number of nitrogens with one attached hydrogen (secondary N) is 2. The maximum absolute atomic E-state index is 12.3. The van der Waals surface area contributed by atoms with Crippen LogP contribution in [0.4, 0.5) is 0 Å². The highest BCUT2D eigenvalue weighted by Gasteiger charge is 2.15. The molecule has 2 rings (SSSR count). The fourth-order valence-electron chi connectivity index (χ4n) is 2.74. The van der Waals surface area contributed by atoms with Crippen molar-refractivity contribution in [3.05, 3.63) is 63.4 Å². The molecule has 7 heteroatoms. The van der Waals surface area contributed by atoms with Crippen LogP contribution in [0.5, 0.6) is 0 Å². The van der Waals surface area contributed by atoms with Crippen LogP contribution in [-0.4, -0.2) is 16.4 Å². The second-order valence-electron chi connectivity index (χ2n) is 6.04. The number of nitriles is 1. The first kappa shape index (κ1) is 20.3. The van der Waals surface area contributed by atoms with Crippen molar-refractivity contribution in [1.29, 1.82) is 5.26 Å². The van der Waals surface area contributed by atoms with Crippen molar-refractivity contribution in [2.45, 2.75) is 33.7 Å². The molecule has 6 nitrogen and oxygen atoms in total. The Balaban J connectivity index is 2.14. The van der Waals surface area contributed by atoms with Gasteiger partial charge in [-0.2, -0.15) is 5.26 Å². The number of carbonyl (C=O) groups excluding carboxylic acids is 2. The van der Waals surface area contributed by atoms with Crippen LogP contribution in [0.25, 0.3) is 6.08 Å². The third-order valence-corrected chi connectivity index (χ3v) is 4.46. The summed E-state index contributed by atoms with van der Waals surface area (Å²) < 4.78 is 2.14. The number of aryl methyl sites for hydroxylation is 1. The molecule has 0 aliphatic heterocycles. The molecule has 0 aliphatic rings. The Hall–Kier alpha value is -3.04. The van der Waals surface area contributed by atoms with Crippen LogP contribution in [0.2, 0.25) is 5.02 Å². The van der Waals surface area contributed by atoms with Gasteiger partial charge in [-0.05, 0) is 50.1 Å². The molecule has 140 valence electrons. The monoisotopic (exact) mass is 384 g/mol. The zero-order chi connectivity index (χ0) is 20.0. The Labute approximate surface area is 163 Å². The minimum atomic E-state index is -0.696. The Kier molecular flexibility index (Phi) is 6.80. The molecule has 0 atom stereocenters. The molecule has 0 aliphatic carbocycles. The average molecular weight is 385 g/mol. The number of aromatic nitrogens is 1. The van der Waals surface area contributed by atoms with Crippen molar-refractivity contribution in [3.63, 3.8) is 0 Å². The quantitative estimate of drug-likeness (QED) is 0.469. The molecule has 0 unspecified atom stereocenters. The molecule has 1 heterocycles. The van der Waals surface area contributed by atoms with Gasteiger partial charge >= 0.3 is 0 Å². The molecular weight excluding hydrogens is 364 g/mol. The molecule has 0 radical (unpaired) electrons. The predicted octanol–water partition coefficient (Wildman–Crippen LogP) is 3.54. The predicted molar refractivity (Wildman–Crippen MR) is 105 cm³/mol. The van der Waals surface area contributed by atoms with E-state index >= 15 is 0 Å². The van der Waals surface area contributed by atoms with Crippen LogP contribution in [0, 0.1) is 25.2 Å². The van der Waals surface area contributed by atoms with Crippen LogP contribution in [0.1, 0.15) is 40.7 Å². The number of carbonyl (C=O) groups is 2. The van der Waals surface area contributed by atoms with E-state index in [-0.39, 0.29) is 16.2 Å². The first-order valence-electron chi connectivity index (χ1n) is 8.52. The van der Waals surface area contributed by atoms with Crippen molar-refractivity contribution in [2.75, 3.05) is 0 Å². The van der Waals surface area contributed by atoms with Crippen LogP contribution in [0.3, 0.4) is 0 Å². The second-order valence-corrected chi connectivity index (χ2v) is 6.44. The summed E-state index contributed by atoms with van der Waals surface area (Å²) in [6, 6.07) is 10.3. The fraction of sp³-hybridized carbons (Fsp3) is 0.250. The highest BCUT2D eigenvalue weighted by molar-refractivity contribution is 6.33. The number of benzene rings is 1. The summed E-state index contributed by atoms with van der Waals surface area (Å²) in [5, 5.41) is 9.60. The summed E-state index contributed by atoms with van der Waals surface area (Å²) in [6.45, 7) is 6.88. The Morgan fingerprint density at radius 2 is 1.96 bits per heavy atom. The van der Waals surface area contributed by atoms with E-state index in [1.54, 1.807) is 18.2 Å². The molecule has 2 N–H and O–H groups in total. The Morgan fingerprint density at radius 1 is 1.26 bits per heavy atom. The van der Waals surface area contributed by atoms with Gasteiger partial charge in [-0.1, -0.05) is 30.7 Å². The molecule has 1 aromatic carbocycles. The van der Waals surface area contributed by atoms with E-state index in [0.717, 1.165) is 29.9 Å². The molecule has 2 aromatic rings. The summed E-state index contributed by atoms with van der Waals surface area (Å²) in [4.78, 5) is 24.4. The van der Waals surface area contributed by atoms with E-state index in [2.05, 4.69) is 22.3 Å². The summed E-state index contributed by atoms with van der Waals surface area (Å²) in [5.74, 6) is -1.26. The van der Waals surface area contributed by atoms with Gasteiger partial charge in [-0.3, -0.25) is 20.4 Å². The SMILES string of the molecule is CCCn1c(C)cc(C=C(C#N)C(=O)NNC(=O)c2ccccc2Cl)c1C. The summed E-state index contributed by atoms with van der Waals surface area (Å²) in [7, 11) is 0. The lowest BCUT2D eigenvalue weighted by atomic mass is 10.1. The second kappa shape index (κ2) is 9.06. The highest BCUT2D eigenvalue weighted by atomic mass is 35.5. The zero-order valence-electron chi connectivity index (χ0n) is 15.5. The molecular formula is C20H21ClN4O2. The van der Waals surface area contributed by atoms with Crippen molar-refractivity contribution in [3.8, 4) is 6.07 Å². The summed E-state index contributed by atoms with van der Waals surface area (Å²) in [6.07, 6.45) is 2.50. The lowest BCUT2D eigenvalue weighted by Crippen LogP contribution is -2.42. The van der Waals surface area contributed by atoms with Crippen LogP contribution < -0.4 is 10.9 Å². The van der Waals surface area contributed by atoms with Gasteiger partial charge in [0.25, 0.3) is 11.8 Å². The lowest BCUT2D eigenvalue weighted by molar-refractivity contribution is -0.117. The summed E-state index contributed by atoms with van der Waals surface area (Å²) >= 11 is 5.95. The van der Waals surface area contributed by atoms with Crippen molar-refractivity contribution in [1.82, 2.24) is 15.4 Å². The van der Waals surface area contributed by atoms with Crippen LogP contribution in [-0.2, 0) is 11.3 Å².